The lowest BCUT2D eigenvalue weighted by Gasteiger charge is -1.97. The van der Waals surface area contributed by atoms with Crippen LogP contribution in [0.3, 0.4) is 0 Å². The number of rotatable bonds is 0. The zero-order chi connectivity index (χ0) is 8.72. The topological polar surface area (TPSA) is 20.2 Å². The molecule has 2 aromatic rings. The largest absolute Gasteiger partial charge is 0.508 e. The molecule has 12 heavy (non-hydrogen) atoms. The fourth-order valence-electron chi connectivity index (χ4n) is 1.26. The van der Waals surface area contributed by atoms with Crippen molar-refractivity contribution >= 4 is 33.0 Å². The summed E-state index contributed by atoms with van der Waals surface area (Å²) in [5, 5.41) is 12.8. The van der Waals surface area contributed by atoms with Crippen LogP contribution in [0.4, 0.5) is 0 Å². The molecule has 0 amide bonds. The minimum Gasteiger partial charge on any atom is -0.508 e. The van der Waals surface area contributed by atoms with E-state index in [1.54, 1.807) is 23.5 Å². The highest BCUT2D eigenvalue weighted by atomic mass is 35.5. The van der Waals surface area contributed by atoms with Crippen LogP contribution in [0.1, 0.15) is 5.56 Å². The van der Waals surface area contributed by atoms with E-state index >= 15 is 0 Å². The average molecular weight is 199 g/mol. The third-order valence-corrected chi connectivity index (χ3v) is 3.37. The van der Waals surface area contributed by atoms with Crippen molar-refractivity contribution in [1.82, 2.24) is 0 Å². The van der Waals surface area contributed by atoms with Crippen LogP contribution >= 0.6 is 22.9 Å². The third-order valence-electron chi connectivity index (χ3n) is 1.80. The van der Waals surface area contributed by atoms with E-state index in [9.17, 15) is 5.11 Å². The number of fused-ring (bicyclic) bond motifs is 1. The lowest BCUT2D eigenvalue weighted by atomic mass is 10.2. The van der Waals surface area contributed by atoms with Gasteiger partial charge in [-0.25, -0.2) is 0 Å². The van der Waals surface area contributed by atoms with E-state index in [4.69, 9.17) is 11.6 Å². The predicted octanol–water partition coefficient (Wildman–Crippen LogP) is 3.57. The van der Waals surface area contributed by atoms with Crippen LogP contribution in [-0.2, 0) is 0 Å². The summed E-state index contributed by atoms with van der Waals surface area (Å²) in [6, 6.07) is 3.44. The molecule has 0 aliphatic rings. The molecule has 0 saturated carbocycles. The Morgan fingerprint density at radius 2 is 2.17 bits per heavy atom. The number of phenolic OH excluding ortho intramolecular Hbond substituents is 1. The smallest absolute Gasteiger partial charge is 0.116 e. The molecule has 1 nitrogen and oxygen atoms in total. The number of aromatic hydroxyl groups is 1. The second kappa shape index (κ2) is 2.64. The molecule has 0 saturated heterocycles. The average Bonchev–Trinajstić information content (AvgIpc) is 2.33. The fourth-order valence-corrected chi connectivity index (χ4v) is 2.49. The van der Waals surface area contributed by atoms with Crippen LogP contribution < -0.4 is 0 Å². The minimum absolute atomic E-state index is 0.278. The van der Waals surface area contributed by atoms with Gasteiger partial charge in [0, 0.05) is 15.5 Å². The normalized spacial score (nSPS) is 10.8. The molecule has 0 aliphatic heterocycles. The molecule has 0 aliphatic carbocycles. The van der Waals surface area contributed by atoms with Crippen LogP contribution in [0, 0.1) is 6.92 Å². The van der Waals surface area contributed by atoms with E-state index in [-0.39, 0.29) is 5.75 Å². The maximum Gasteiger partial charge on any atom is 0.116 e. The summed E-state index contributed by atoms with van der Waals surface area (Å²) in [4.78, 5) is 0. The number of halogens is 1. The molecule has 1 aromatic carbocycles. The van der Waals surface area contributed by atoms with Crippen molar-refractivity contribution in [2.24, 2.45) is 0 Å². The van der Waals surface area contributed by atoms with E-state index in [1.165, 1.54) is 0 Å². The predicted molar refractivity (Wildman–Crippen MR) is 53.2 cm³/mol. The molecule has 2 rings (SSSR count). The molecular formula is C9H7ClOS. The van der Waals surface area contributed by atoms with Crippen LogP contribution in [0.2, 0.25) is 5.02 Å². The van der Waals surface area contributed by atoms with Gasteiger partial charge in [-0.3, -0.25) is 0 Å². The van der Waals surface area contributed by atoms with E-state index in [2.05, 4.69) is 0 Å². The van der Waals surface area contributed by atoms with Gasteiger partial charge in [0.2, 0.25) is 0 Å². The van der Waals surface area contributed by atoms with Gasteiger partial charge in [0.15, 0.2) is 0 Å². The molecule has 3 heteroatoms. The standard InChI is InChI=1S/C9H7ClOS/c1-5-2-6(11)3-7-8(10)4-12-9(5)7/h2-4,11H,1H3. The first kappa shape index (κ1) is 7.90. The van der Waals surface area contributed by atoms with Gasteiger partial charge >= 0.3 is 0 Å². The molecule has 62 valence electrons. The summed E-state index contributed by atoms with van der Waals surface area (Å²) in [7, 11) is 0. The Bertz CT molecular complexity index is 433. The van der Waals surface area contributed by atoms with Gasteiger partial charge in [-0.2, -0.15) is 0 Å². The number of hydrogen-bond acceptors (Lipinski definition) is 2. The molecule has 0 fully saturated rings. The second-order valence-corrected chi connectivity index (χ2v) is 4.01. The van der Waals surface area contributed by atoms with Gasteiger partial charge in [0.1, 0.15) is 5.75 Å². The zero-order valence-electron chi connectivity index (χ0n) is 6.47. The van der Waals surface area contributed by atoms with E-state index in [0.717, 1.165) is 15.6 Å². The Balaban J connectivity index is 2.92. The van der Waals surface area contributed by atoms with Gasteiger partial charge in [0.25, 0.3) is 0 Å². The summed E-state index contributed by atoms with van der Waals surface area (Å²) in [5.41, 5.74) is 1.07. The number of thiophene rings is 1. The van der Waals surface area contributed by atoms with Crippen molar-refractivity contribution in [3.8, 4) is 5.75 Å². The van der Waals surface area contributed by atoms with E-state index in [0.29, 0.717) is 5.02 Å². The maximum atomic E-state index is 9.30. The number of hydrogen-bond donors (Lipinski definition) is 1. The second-order valence-electron chi connectivity index (χ2n) is 2.72. The summed E-state index contributed by atoms with van der Waals surface area (Å²) in [6.45, 7) is 1.97. The van der Waals surface area contributed by atoms with E-state index in [1.807, 2.05) is 12.3 Å². The fraction of sp³-hybridized carbons (Fsp3) is 0.111. The van der Waals surface area contributed by atoms with Crippen molar-refractivity contribution in [3.05, 3.63) is 28.1 Å². The number of phenols is 1. The summed E-state index contributed by atoms with van der Waals surface area (Å²) < 4.78 is 1.15. The number of benzene rings is 1. The monoisotopic (exact) mass is 198 g/mol. The van der Waals surface area contributed by atoms with Crippen molar-refractivity contribution in [2.45, 2.75) is 6.92 Å². The Labute approximate surface area is 79.2 Å². The van der Waals surface area contributed by atoms with Crippen molar-refractivity contribution in [1.29, 1.82) is 0 Å². The van der Waals surface area contributed by atoms with Crippen LogP contribution in [0.15, 0.2) is 17.5 Å². The minimum atomic E-state index is 0.278. The van der Waals surface area contributed by atoms with Gasteiger partial charge in [0.05, 0.1) is 5.02 Å². The van der Waals surface area contributed by atoms with Gasteiger partial charge < -0.3 is 5.11 Å². The zero-order valence-corrected chi connectivity index (χ0v) is 8.04. The quantitative estimate of drug-likeness (QED) is 0.686. The van der Waals surface area contributed by atoms with Crippen LogP contribution in [0.5, 0.6) is 5.75 Å². The van der Waals surface area contributed by atoms with Crippen molar-refractivity contribution in [3.63, 3.8) is 0 Å². The highest BCUT2D eigenvalue weighted by molar-refractivity contribution is 7.18. The SMILES string of the molecule is Cc1cc(O)cc2c(Cl)csc12. The van der Waals surface area contributed by atoms with E-state index < -0.39 is 0 Å². The molecule has 0 atom stereocenters. The summed E-state index contributed by atoms with van der Waals surface area (Å²) in [6.07, 6.45) is 0. The molecule has 0 bridgehead atoms. The van der Waals surface area contributed by atoms with Crippen LogP contribution in [0.25, 0.3) is 10.1 Å². The third kappa shape index (κ3) is 1.08. The molecular weight excluding hydrogens is 192 g/mol. The van der Waals surface area contributed by atoms with Crippen molar-refractivity contribution in [2.75, 3.05) is 0 Å². The maximum absolute atomic E-state index is 9.30. The van der Waals surface area contributed by atoms with Gasteiger partial charge in [-0.1, -0.05) is 11.6 Å². The Morgan fingerprint density at radius 1 is 1.42 bits per heavy atom. The lowest BCUT2D eigenvalue weighted by Crippen LogP contribution is -1.72. The number of aryl methyl sites for hydroxylation is 1. The van der Waals surface area contributed by atoms with Crippen LogP contribution in [-0.4, -0.2) is 5.11 Å². The lowest BCUT2D eigenvalue weighted by molar-refractivity contribution is 0.476. The molecule has 0 spiro atoms. The highest BCUT2D eigenvalue weighted by Crippen LogP contribution is 2.34. The molecule has 0 radical (unpaired) electrons. The van der Waals surface area contributed by atoms with Crippen molar-refractivity contribution < 1.29 is 5.11 Å². The Hall–Kier alpha value is -0.730. The summed E-state index contributed by atoms with van der Waals surface area (Å²) in [5.74, 6) is 0.278. The van der Waals surface area contributed by atoms with Gasteiger partial charge in [-0.15, -0.1) is 11.3 Å². The molecule has 1 aromatic heterocycles. The molecule has 1 N–H and O–H groups in total. The highest BCUT2D eigenvalue weighted by Gasteiger charge is 2.05. The Morgan fingerprint density at radius 3 is 2.92 bits per heavy atom. The first-order chi connectivity index (χ1) is 5.68. The van der Waals surface area contributed by atoms with Gasteiger partial charge in [-0.05, 0) is 24.6 Å². The molecule has 1 heterocycles. The summed E-state index contributed by atoms with van der Waals surface area (Å²) >= 11 is 7.52. The Kier molecular flexibility index (Phi) is 1.74. The molecule has 0 unspecified atom stereocenters. The first-order valence-corrected chi connectivity index (χ1v) is 4.80. The first-order valence-electron chi connectivity index (χ1n) is 3.55.